The zero-order chi connectivity index (χ0) is 13.7. The molecule has 0 aromatic heterocycles. The van der Waals surface area contributed by atoms with E-state index >= 15 is 0 Å². The fraction of sp³-hybridized carbons (Fsp3) is 0.125. The van der Waals surface area contributed by atoms with Crippen molar-refractivity contribution in [2.45, 2.75) is 13.2 Å². The molecule has 0 amide bonds. The highest BCUT2D eigenvalue weighted by Gasteiger charge is 2.02. The highest BCUT2D eigenvalue weighted by Crippen LogP contribution is 2.22. The Bertz CT molecular complexity index is 545. The standard InChI is InChI=1S/C16H16FNO/c1-12(17)11-16(18)19-15-9-7-14(8-10-15)13-5-3-2-4-6-13/h2-11,16H,18H2,1H3. The summed E-state index contributed by atoms with van der Waals surface area (Å²) in [5.74, 6) is 0.262. The first-order valence-corrected chi connectivity index (χ1v) is 6.07. The predicted octanol–water partition coefficient (Wildman–Crippen LogP) is 3.89. The van der Waals surface area contributed by atoms with E-state index in [4.69, 9.17) is 10.5 Å². The Kier molecular flexibility index (Phi) is 4.31. The second-order valence-corrected chi connectivity index (χ2v) is 4.23. The van der Waals surface area contributed by atoms with Crippen molar-refractivity contribution < 1.29 is 9.13 Å². The first kappa shape index (κ1) is 13.3. The summed E-state index contributed by atoms with van der Waals surface area (Å²) in [6.45, 7) is 1.34. The Hall–Kier alpha value is -2.13. The molecule has 1 unspecified atom stereocenters. The van der Waals surface area contributed by atoms with Crippen LogP contribution in [0.5, 0.6) is 5.75 Å². The molecule has 0 fully saturated rings. The van der Waals surface area contributed by atoms with Gasteiger partial charge >= 0.3 is 0 Å². The molecule has 0 spiro atoms. The number of hydrogen-bond acceptors (Lipinski definition) is 2. The molecule has 0 saturated carbocycles. The number of allylic oxidation sites excluding steroid dienone is 1. The third-order valence-electron chi connectivity index (χ3n) is 2.63. The van der Waals surface area contributed by atoms with Crippen LogP contribution >= 0.6 is 0 Å². The lowest BCUT2D eigenvalue weighted by Gasteiger charge is -2.11. The van der Waals surface area contributed by atoms with Crippen LogP contribution in [-0.2, 0) is 0 Å². The van der Waals surface area contributed by atoms with Gasteiger partial charge in [0.2, 0.25) is 0 Å². The Labute approximate surface area is 112 Å². The molecule has 2 N–H and O–H groups in total. The van der Waals surface area contributed by atoms with Gasteiger partial charge in [-0.3, -0.25) is 5.73 Å². The van der Waals surface area contributed by atoms with Crippen LogP contribution in [0.4, 0.5) is 4.39 Å². The molecule has 0 aliphatic carbocycles. The summed E-state index contributed by atoms with van der Waals surface area (Å²) in [6.07, 6.45) is 0.457. The lowest BCUT2D eigenvalue weighted by Crippen LogP contribution is -2.24. The topological polar surface area (TPSA) is 35.2 Å². The molecule has 0 aliphatic heterocycles. The molecule has 1 atom stereocenters. The maximum atomic E-state index is 12.6. The maximum absolute atomic E-state index is 12.6. The quantitative estimate of drug-likeness (QED) is 0.843. The van der Waals surface area contributed by atoms with E-state index in [9.17, 15) is 4.39 Å². The van der Waals surface area contributed by atoms with Crippen molar-refractivity contribution in [3.8, 4) is 16.9 Å². The van der Waals surface area contributed by atoms with Gasteiger partial charge in [-0.1, -0.05) is 42.5 Å². The van der Waals surface area contributed by atoms with Crippen LogP contribution < -0.4 is 10.5 Å². The first-order chi connectivity index (χ1) is 9.15. The molecule has 2 aromatic rings. The zero-order valence-corrected chi connectivity index (χ0v) is 10.7. The average Bonchev–Trinajstić information content (AvgIpc) is 2.39. The van der Waals surface area contributed by atoms with Gasteiger partial charge in [0.05, 0.1) is 5.83 Å². The monoisotopic (exact) mass is 257 g/mol. The largest absolute Gasteiger partial charge is 0.472 e. The van der Waals surface area contributed by atoms with E-state index in [-0.39, 0.29) is 5.83 Å². The van der Waals surface area contributed by atoms with Crippen molar-refractivity contribution in [3.05, 3.63) is 66.5 Å². The van der Waals surface area contributed by atoms with Crippen LogP contribution in [0, 0.1) is 0 Å². The van der Waals surface area contributed by atoms with Crippen LogP contribution in [0.2, 0.25) is 0 Å². The van der Waals surface area contributed by atoms with E-state index in [1.165, 1.54) is 13.0 Å². The minimum Gasteiger partial charge on any atom is -0.472 e. The van der Waals surface area contributed by atoms with Crippen molar-refractivity contribution >= 4 is 0 Å². The van der Waals surface area contributed by atoms with Crippen LogP contribution in [0.25, 0.3) is 11.1 Å². The molecule has 2 rings (SSSR count). The van der Waals surface area contributed by atoms with E-state index in [1.54, 1.807) is 0 Å². The molecular formula is C16H16FNO. The third-order valence-corrected chi connectivity index (χ3v) is 2.63. The molecule has 3 heteroatoms. The number of rotatable bonds is 4. The first-order valence-electron chi connectivity index (χ1n) is 6.07. The van der Waals surface area contributed by atoms with Crippen molar-refractivity contribution in [1.82, 2.24) is 0 Å². The minimum atomic E-state index is -0.771. The highest BCUT2D eigenvalue weighted by molar-refractivity contribution is 5.63. The molecular weight excluding hydrogens is 241 g/mol. The smallest absolute Gasteiger partial charge is 0.169 e. The van der Waals surface area contributed by atoms with Gasteiger partial charge in [0.15, 0.2) is 6.23 Å². The van der Waals surface area contributed by atoms with Crippen molar-refractivity contribution in [3.63, 3.8) is 0 Å². The van der Waals surface area contributed by atoms with Gasteiger partial charge in [0, 0.05) is 6.08 Å². The van der Waals surface area contributed by atoms with Gasteiger partial charge in [-0.2, -0.15) is 0 Å². The molecule has 98 valence electrons. The molecule has 0 heterocycles. The van der Waals surface area contributed by atoms with Crippen molar-refractivity contribution in [2.75, 3.05) is 0 Å². The summed E-state index contributed by atoms with van der Waals surface area (Å²) < 4.78 is 18.0. The fourth-order valence-electron chi connectivity index (χ4n) is 1.77. The van der Waals surface area contributed by atoms with Gasteiger partial charge < -0.3 is 4.74 Å². The van der Waals surface area contributed by atoms with Crippen LogP contribution in [-0.4, -0.2) is 6.23 Å². The summed E-state index contributed by atoms with van der Waals surface area (Å²) in [5, 5.41) is 0. The summed E-state index contributed by atoms with van der Waals surface area (Å²) in [4.78, 5) is 0. The van der Waals surface area contributed by atoms with E-state index in [1.807, 2.05) is 54.6 Å². The molecule has 0 bridgehead atoms. The second-order valence-electron chi connectivity index (χ2n) is 4.23. The molecule has 0 aliphatic rings. The Morgan fingerprint density at radius 3 is 2.21 bits per heavy atom. The molecule has 0 saturated heterocycles. The number of halogens is 1. The lowest BCUT2D eigenvalue weighted by molar-refractivity contribution is 0.254. The van der Waals surface area contributed by atoms with Gasteiger partial charge in [-0.15, -0.1) is 0 Å². The summed E-state index contributed by atoms with van der Waals surface area (Å²) >= 11 is 0. The van der Waals surface area contributed by atoms with E-state index in [2.05, 4.69) is 0 Å². The Balaban J connectivity index is 2.09. The van der Waals surface area contributed by atoms with Crippen LogP contribution in [0.15, 0.2) is 66.5 Å². The molecule has 2 nitrogen and oxygen atoms in total. The van der Waals surface area contributed by atoms with Crippen molar-refractivity contribution in [1.29, 1.82) is 0 Å². The minimum absolute atomic E-state index is 0.353. The van der Waals surface area contributed by atoms with Gasteiger partial charge in [0.25, 0.3) is 0 Å². The van der Waals surface area contributed by atoms with Gasteiger partial charge in [-0.25, -0.2) is 4.39 Å². The summed E-state index contributed by atoms with van der Waals surface area (Å²) in [5.41, 5.74) is 7.85. The van der Waals surface area contributed by atoms with Gasteiger partial charge in [0.1, 0.15) is 5.75 Å². The highest BCUT2D eigenvalue weighted by atomic mass is 19.1. The molecule has 19 heavy (non-hydrogen) atoms. The van der Waals surface area contributed by atoms with Crippen LogP contribution in [0.1, 0.15) is 6.92 Å². The SMILES string of the molecule is CC(F)=CC(N)Oc1ccc(-c2ccccc2)cc1. The van der Waals surface area contributed by atoms with E-state index in [0.29, 0.717) is 5.75 Å². The average molecular weight is 257 g/mol. The van der Waals surface area contributed by atoms with Crippen molar-refractivity contribution in [2.24, 2.45) is 5.73 Å². The van der Waals surface area contributed by atoms with E-state index < -0.39 is 6.23 Å². The van der Waals surface area contributed by atoms with Crippen LogP contribution in [0.3, 0.4) is 0 Å². The predicted molar refractivity (Wildman–Crippen MR) is 75.3 cm³/mol. The zero-order valence-electron chi connectivity index (χ0n) is 10.7. The maximum Gasteiger partial charge on any atom is 0.169 e. The Morgan fingerprint density at radius 1 is 1.05 bits per heavy atom. The number of ether oxygens (including phenoxy) is 1. The normalized spacial score (nSPS) is 13.1. The molecule has 0 radical (unpaired) electrons. The summed E-state index contributed by atoms with van der Waals surface area (Å²) in [6, 6.07) is 17.6. The van der Waals surface area contributed by atoms with E-state index in [0.717, 1.165) is 11.1 Å². The second kappa shape index (κ2) is 6.16. The number of nitrogens with two attached hydrogens (primary N) is 1. The number of hydrogen-bond donors (Lipinski definition) is 1. The summed E-state index contributed by atoms with van der Waals surface area (Å²) in [7, 11) is 0. The molecule has 2 aromatic carbocycles. The lowest BCUT2D eigenvalue weighted by atomic mass is 10.1. The number of benzene rings is 2. The fourth-order valence-corrected chi connectivity index (χ4v) is 1.77. The van der Waals surface area contributed by atoms with Gasteiger partial charge in [-0.05, 0) is 30.2 Å². The third kappa shape index (κ3) is 3.93. The Morgan fingerprint density at radius 2 is 1.63 bits per heavy atom.